The molecular formula is C15H23FN2O. The molecule has 4 heteroatoms. The Kier molecular flexibility index (Phi) is 6.50. The van der Waals surface area contributed by atoms with Crippen LogP contribution in [0.1, 0.15) is 38.8 Å². The first-order valence-electron chi connectivity index (χ1n) is 6.88. The molecule has 0 aliphatic heterocycles. The molecule has 0 spiro atoms. The molecule has 0 aliphatic rings. The van der Waals surface area contributed by atoms with Crippen molar-refractivity contribution in [1.82, 2.24) is 10.2 Å². The number of carbonyl (C=O) groups excluding carboxylic acids is 1. The lowest BCUT2D eigenvalue weighted by Crippen LogP contribution is -2.39. The van der Waals surface area contributed by atoms with Crippen LogP contribution < -0.4 is 5.32 Å². The Morgan fingerprint density at radius 2 is 1.79 bits per heavy atom. The Labute approximate surface area is 114 Å². The number of hydrogen-bond donors (Lipinski definition) is 1. The molecule has 0 fully saturated rings. The summed E-state index contributed by atoms with van der Waals surface area (Å²) in [5, 5.41) is 3.24. The summed E-state index contributed by atoms with van der Waals surface area (Å²) >= 11 is 0. The van der Waals surface area contributed by atoms with Gasteiger partial charge in [0.25, 0.3) is 0 Å². The second-order valence-electron chi connectivity index (χ2n) is 4.46. The van der Waals surface area contributed by atoms with Crippen molar-refractivity contribution in [3.63, 3.8) is 0 Å². The van der Waals surface area contributed by atoms with Crippen LogP contribution >= 0.6 is 0 Å². The Morgan fingerprint density at radius 3 is 2.26 bits per heavy atom. The van der Waals surface area contributed by atoms with E-state index in [1.807, 2.05) is 20.8 Å². The number of likely N-dealkylation sites (N-methyl/N-ethyl adjacent to an activating group) is 1. The number of rotatable bonds is 7. The van der Waals surface area contributed by atoms with Gasteiger partial charge in [-0.15, -0.1) is 0 Å². The third-order valence-electron chi connectivity index (χ3n) is 3.30. The highest BCUT2D eigenvalue weighted by Gasteiger charge is 2.13. The van der Waals surface area contributed by atoms with E-state index in [0.29, 0.717) is 6.54 Å². The summed E-state index contributed by atoms with van der Waals surface area (Å²) in [5.74, 6) is -0.136. The van der Waals surface area contributed by atoms with E-state index in [0.717, 1.165) is 25.1 Å². The molecule has 3 nitrogen and oxygen atoms in total. The molecule has 1 N–H and O–H groups in total. The molecule has 1 rings (SSSR count). The van der Waals surface area contributed by atoms with Crippen LogP contribution in [0.15, 0.2) is 24.3 Å². The van der Waals surface area contributed by atoms with Crippen LogP contribution in [-0.4, -0.2) is 30.4 Å². The first kappa shape index (κ1) is 15.6. The van der Waals surface area contributed by atoms with Crippen molar-refractivity contribution >= 4 is 5.91 Å². The highest BCUT2D eigenvalue weighted by atomic mass is 19.1. The summed E-state index contributed by atoms with van der Waals surface area (Å²) in [4.78, 5) is 13.7. The summed E-state index contributed by atoms with van der Waals surface area (Å²) < 4.78 is 12.9. The molecule has 0 aromatic heterocycles. The van der Waals surface area contributed by atoms with Crippen LogP contribution in [0.3, 0.4) is 0 Å². The fourth-order valence-electron chi connectivity index (χ4n) is 2.09. The molecule has 1 atom stereocenters. The van der Waals surface area contributed by atoms with Gasteiger partial charge in [0.1, 0.15) is 5.82 Å². The monoisotopic (exact) mass is 266 g/mol. The van der Waals surface area contributed by atoms with Gasteiger partial charge in [0, 0.05) is 19.1 Å². The van der Waals surface area contributed by atoms with E-state index in [4.69, 9.17) is 0 Å². The average molecular weight is 266 g/mol. The smallest absolute Gasteiger partial charge is 0.236 e. The molecule has 1 amide bonds. The van der Waals surface area contributed by atoms with E-state index < -0.39 is 0 Å². The average Bonchev–Trinajstić information content (AvgIpc) is 2.42. The normalized spacial score (nSPS) is 12.2. The van der Waals surface area contributed by atoms with Crippen molar-refractivity contribution in [3.05, 3.63) is 35.6 Å². The maximum absolute atomic E-state index is 12.9. The number of carbonyl (C=O) groups is 1. The molecule has 0 radical (unpaired) electrons. The van der Waals surface area contributed by atoms with Crippen molar-refractivity contribution in [2.45, 2.75) is 33.2 Å². The zero-order valence-corrected chi connectivity index (χ0v) is 11.9. The fraction of sp³-hybridized carbons (Fsp3) is 0.533. The Bertz CT molecular complexity index is 388. The number of nitrogens with zero attached hydrogens (tertiary/aromatic N) is 1. The summed E-state index contributed by atoms with van der Waals surface area (Å²) in [6.45, 7) is 7.76. The largest absolute Gasteiger partial charge is 0.342 e. The number of amides is 1. The van der Waals surface area contributed by atoms with Crippen molar-refractivity contribution in [2.75, 3.05) is 19.6 Å². The minimum absolute atomic E-state index is 0.0834. The molecule has 1 aromatic carbocycles. The summed E-state index contributed by atoms with van der Waals surface area (Å²) in [5.41, 5.74) is 1.01. The molecule has 0 aliphatic carbocycles. The van der Waals surface area contributed by atoms with Crippen LogP contribution in [0, 0.1) is 5.82 Å². The fourth-order valence-corrected chi connectivity index (χ4v) is 2.09. The molecular weight excluding hydrogens is 243 g/mol. The van der Waals surface area contributed by atoms with Gasteiger partial charge in [0.05, 0.1) is 6.54 Å². The maximum Gasteiger partial charge on any atom is 0.236 e. The van der Waals surface area contributed by atoms with E-state index in [1.54, 1.807) is 17.0 Å². The van der Waals surface area contributed by atoms with Crippen molar-refractivity contribution < 1.29 is 9.18 Å². The molecule has 0 saturated carbocycles. The number of hydrogen-bond acceptors (Lipinski definition) is 2. The summed E-state index contributed by atoms with van der Waals surface area (Å²) in [6, 6.07) is 6.51. The van der Waals surface area contributed by atoms with Gasteiger partial charge >= 0.3 is 0 Å². The number of halogens is 1. The SMILES string of the molecule is CCC(NCC(=O)N(CC)CC)c1ccc(F)cc1. The van der Waals surface area contributed by atoms with Crippen LogP contribution in [0.2, 0.25) is 0 Å². The minimum Gasteiger partial charge on any atom is -0.342 e. The van der Waals surface area contributed by atoms with Crippen LogP contribution in [0.5, 0.6) is 0 Å². The topological polar surface area (TPSA) is 32.3 Å². The summed E-state index contributed by atoms with van der Waals surface area (Å²) in [6.07, 6.45) is 0.858. The number of nitrogens with one attached hydrogen (secondary N) is 1. The van der Waals surface area contributed by atoms with Gasteiger partial charge in [-0.3, -0.25) is 4.79 Å². The number of benzene rings is 1. The van der Waals surface area contributed by atoms with Gasteiger partial charge in [-0.2, -0.15) is 0 Å². The van der Waals surface area contributed by atoms with Crippen LogP contribution in [0.25, 0.3) is 0 Å². The van der Waals surface area contributed by atoms with Gasteiger partial charge in [-0.25, -0.2) is 4.39 Å². The molecule has 1 aromatic rings. The Hall–Kier alpha value is -1.42. The Morgan fingerprint density at radius 1 is 1.21 bits per heavy atom. The van der Waals surface area contributed by atoms with Gasteiger partial charge in [0.15, 0.2) is 0 Å². The minimum atomic E-state index is -0.238. The first-order chi connectivity index (χ1) is 9.12. The van der Waals surface area contributed by atoms with Crippen molar-refractivity contribution in [3.8, 4) is 0 Å². The summed E-state index contributed by atoms with van der Waals surface area (Å²) in [7, 11) is 0. The van der Waals surface area contributed by atoms with E-state index in [9.17, 15) is 9.18 Å². The lowest BCUT2D eigenvalue weighted by molar-refractivity contribution is -0.130. The zero-order chi connectivity index (χ0) is 14.3. The van der Waals surface area contributed by atoms with Crippen molar-refractivity contribution in [1.29, 1.82) is 0 Å². The molecule has 1 unspecified atom stereocenters. The van der Waals surface area contributed by atoms with E-state index in [-0.39, 0.29) is 17.8 Å². The van der Waals surface area contributed by atoms with E-state index in [2.05, 4.69) is 5.32 Å². The molecule has 0 heterocycles. The van der Waals surface area contributed by atoms with E-state index in [1.165, 1.54) is 12.1 Å². The lowest BCUT2D eigenvalue weighted by atomic mass is 10.0. The van der Waals surface area contributed by atoms with Gasteiger partial charge in [-0.1, -0.05) is 19.1 Å². The molecule has 0 saturated heterocycles. The Balaban J connectivity index is 2.58. The lowest BCUT2D eigenvalue weighted by Gasteiger charge is -2.22. The van der Waals surface area contributed by atoms with Crippen LogP contribution in [0.4, 0.5) is 4.39 Å². The molecule has 19 heavy (non-hydrogen) atoms. The first-order valence-corrected chi connectivity index (χ1v) is 6.88. The zero-order valence-electron chi connectivity index (χ0n) is 11.9. The second kappa shape index (κ2) is 7.89. The quantitative estimate of drug-likeness (QED) is 0.823. The van der Waals surface area contributed by atoms with Gasteiger partial charge in [0.2, 0.25) is 5.91 Å². The maximum atomic E-state index is 12.9. The predicted octanol–water partition coefficient (Wildman–Crippen LogP) is 2.73. The van der Waals surface area contributed by atoms with Gasteiger partial charge in [-0.05, 0) is 38.0 Å². The predicted molar refractivity (Wildman–Crippen MR) is 75.4 cm³/mol. The second-order valence-corrected chi connectivity index (χ2v) is 4.46. The van der Waals surface area contributed by atoms with Crippen LogP contribution in [-0.2, 0) is 4.79 Å². The third kappa shape index (κ3) is 4.63. The third-order valence-corrected chi connectivity index (χ3v) is 3.30. The van der Waals surface area contributed by atoms with Gasteiger partial charge < -0.3 is 10.2 Å². The van der Waals surface area contributed by atoms with Crippen molar-refractivity contribution in [2.24, 2.45) is 0 Å². The molecule has 0 bridgehead atoms. The highest BCUT2D eigenvalue weighted by molar-refractivity contribution is 5.78. The standard InChI is InChI=1S/C15H23FN2O/c1-4-14(12-7-9-13(16)10-8-12)17-11-15(19)18(5-2)6-3/h7-10,14,17H,4-6,11H2,1-3H3. The highest BCUT2D eigenvalue weighted by Crippen LogP contribution is 2.16. The molecule has 106 valence electrons. The van der Waals surface area contributed by atoms with E-state index >= 15 is 0 Å².